The van der Waals surface area contributed by atoms with Crippen LogP contribution in [-0.2, 0) is 14.3 Å². The van der Waals surface area contributed by atoms with Crippen molar-refractivity contribution in [3.05, 3.63) is 0 Å². The van der Waals surface area contributed by atoms with Crippen molar-refractivity contribution < 1.29 is 27.4 Å². The molecule has 5 nitrogen and oxygen atoms in total. The molecule has 116 valence electrons. The SMILES string of the molecule is COCCN1C(=O)CO[C@H]2CN(CCC(F)(F)F)C[C@@H]21. The lowest BCUT2D eigenvalue weighted by atomic mass is 10.1. The number of fused-ring (bicyclic) bond motifs is 1. The maximum Gasteiger partial charge on any atom is 0.390 e. The van der Waals surface area contributed by atoms with Crippen molar-refractivity contribution in [2.24, 2.45) is 0 Å². The fraction of sp³-hybridized carbons (Fsp3) is 0.917. The van der Waals surface area contributed by atoms with Gasteiger partial charge in [0.25, 0.3) is 0 Å². The number of carbonyl (C=O) groups is 1. The van der Waals surface area contributed by atoms with Gasteiger partial charge >= 0.3 is 6.18 Å². The van der Waals surface area contributed by atoms with Gasteiger partial charge in [-0.25, -0.2) is 0 Å². The van der Waals surface area contributed by atoms with Gasteiger partial charge < -0.3 is 14.4 Å². The van der Waals surface area contributed by atoms with Crippen LogP contribution in [0.3, 0.4) is 0 Å². The van der Waals surface area contributed by atoms with E-state index >= 15 is 0 Å². The maximum absolute atomic E-state index is 12.2. The highest BCUT2D eigenvalue weighted by atomic mass is 19.4. The molecule has 0 aromatic carbocycles. The quantitative estimate of drug-likeness (QED) is 0.741. The van der Waals surface area contributed by atoms with Crippen LogP contribution in [0.25, 0.3) is 0 Å². The number of hydrogen-bond donors (Lipinski definition) is 0. The molecular formula is C12H19F3N2O3. The highest BCUT2D eigenvalue weighted by molar-refractivity contribution is 5.78. The molecule has 2 aliphatic rings. The zero-order chi connectivity index (χ0) is 14.8. The predicted octanol–water partition coefficient (Wildman–Crippen LogP) is 0.497. The number of nitrogens with zero attached hydrogens (tertiary/aromatic N) is 2. The van der Waals surface area contributed by atoms with Crippen LogP contribution in [0.15, 0.2) is 0 Å². The summed E-state index contributed by atoms with van der Waals surface area (Å²) in [4.78, 5) is 15.2. The summed E-state index contributed by atoms with van der Waals surface area (Å²) in [5.74, 6) is -0.124. The Balaban J connectivity index is 1.91. The van der Waals surface area contributed by atoms with Gasteiger partial charge in [-0.1, -0.05) is 0 Å². The van der Waals surface area contributed by atoms with Gasteiger partial charge in [0.1, 0.15) is 6.61 Å². The highest BCUT2D eigenvalue weighted by Gasteiger charge is 2.43. The summed E-state index contributed by atoms with van der Waals surface area (Å²) in [6.07, 6.45) is -5.18. The first-order chi connectivity index (χ1) is 9.40. The molecule has 0 radical (unpaired) electrons. The molecule has 2 rings (SSSR count). The van der Waals surface area contributed by atoms with Crippen LogP contribution in [0.1, 0.15) is 6.42 Å². The Labute approximate surface area is 115 Å². The summed E-state index contributed by atoms with van der Waals surface area (Å²) >= 11 is 0. The first-order valence-corrected chi connectivity index (χ1v) is 6.60. The Bertz CT molecular complexity index is 351. The summed E-state index contributed by atoms with van der Waals surface area (Å²) < 4.78 is 47.1. The lowest BCUT2D eigenvalue weighted by molar-refractivity contribution is -0.153. The Kier molecular flexibility index (Phi) is 4.87. The summed E-state index contributed by atoms with van der Waals surface area (Å²) in [7, 11) is 1.55. The summed E-state index contributed by atoms with van der Waals surface area (Å²) in [5, 5.41) is 0. The molecule has 0 saturated carbocycles. The third kappa shape index (κ3) is 3.83. The van der Waals surface area contributed by atoms with Crippen LogP contribution in [0.5, 0.6) is 0 Å². The van der Waals surface area contributed by atoms with E-state index < -0.39 is 12.6 Å². The maximum atomic E-state index is 12.2. The van der Waals surface area contributed by atoms with E-state index in [1.165, 1.54) is 0 Å². The van der Waals surface area contributed by atoms with Crippen molar-refractivity contribution in [2.45, 2.75) is 24.7 Å². The Morgan fingerprint density at radius 2 is 2.10 bits per heavy atom. The summed E-state index contributed by atoms with van der Waals surface area (Å²) in [5.41, 5.74) is 0. The fourth-order valence-corrected chi connectivity index (χ4v) is 2.69. The van der Waals surface area contributed by atoms with E-state index in [0.717, 1.165) is 0 Å². The molecule has 0 unspecified atom stereocenters. The van der Waals surface area contributed by atoms with Gasteiger partial charge in [-0.05, 0) is 0 Å². The monoisotopic (exact) mass is 296 g/mol. The number of halogens is 3. The number of alkyl halides is 3. The van der Waals surface area contributed by atoms with E-state index in [-0.39, 0.29) is 31.2 Å². The number of ether oxygens (including phenoxy) is 2. The molecule has 20 heavy (non-hydrogen) atoms. The number of hydrogen-bond acceptors (Lipinski definition) is 4. The second-order valence-electron chi connectivity index (χ2n) is 5.12. The molecule has 8 heteroatoms. The van der Waals surface area contributed by atoms with Gasteiger partial charge in [0.2, 0.25) is 5.91 Å². The van der Waals surface area contributed by atoms with E-state index in [4.69, 9.17) is 9.47 Å². The smallest absolute Gasteiger partial charge is 0.383 e. The first kappa shape index (κ1) is 15.5. The minimum Gasteiger partial charge on any atom is -0.383 e. The lowest BCUT2D eigenvalue weighted by Crippen LogP contribution is -2.54. The normalized spacial score (nSPS) is 28.0. The van der Waals surface area contributed by atoms with Gasteiger partial charge in [-0.15, -0.1) is 0 Å². The summed E-state index contributed by atoms with van der Waals surface area (Å²) in [6.45, 7) is 1.68. The van der Waals surface area contributed by atoms with Gasteiger partial charge in [-0.2, -0.15) is 13.2 Å². The number of amides is 1. The number of morpholine rings is 1. The second-order valence-corrected chi connectivity index (χ2v) is 5.12. The minimum atomic E-state index is -4.15. The van der Waals surface area contributed by atoms with Crippen molar-refractivity contribution in [2.75, 3.05) is 46.5 Å². The molecular weight excluding hydrogens is 277 g/mol. The predicted molar refractivity (Wildman–Crippen MR) is 64.2 cm³/mol. The minimum absolute atomic E-state index is 0.00199. The van der Waals surface area contributed by atoms with Crippen LogP contribution in [0.4, 0.5) is 13.2 Å². The first-order valence-electron chi connectivity index (χ1n) is 6.60. The third-order valence-corrected chi connectivity index (χ3v) is 3.70. The average molecular weight is 296 g/mol. The zero-order valence-electron chi connectivity index (χ0n) is 11.4. The molecule has 0 N–H and O–H groups in total. The van der Waals surface area contributed by atoms with Crippen molar-refractivity contribution in [3.63, 3.8) is 0 Å². The van der Waals surface area contributed by atoms with Crippen molar-refractivity contribution in [1.29, 1.82) is 0 Å². The molecule has 1 amide bonds. The van der Waals surface area contributed by atoms with E-state index in [2.05, 4.69) is 0 Å². The van der Waals surface area contributed by atoms with E-state index in [0.29, 0.717) is 26.2 Å². The Morgan fingerprint density at radius 3 is 2.75 bits per heavy atom. The van der Waals surface area contributed by atoms with Gasteiger partial charge in [0, 0.05) is 33.3 Å². The van der Waals surface area contributed by atoms with Crippen molar-refractivity contribution >= 4 is 5.91 Å². The molecule has 0 bridgehead atoms. The van der Waals surface area contributed by atoms with Crippen LogP contribution in [0, 0.1) is 0 Å². The standard InChI is InChI=1S/C12H19F3N2O3/c1-19-5-4-17-9-6-16(3-2-12(13,14)15)7-10(9)20-8-11(17)18/h9-10H,2-8H2,1H3/t9-,10-/m0/s1. The molecule has 0 spiro atoms. The number of rotatable bonds is 5. The zero-order valence-corrected chi connectivity index (χ0v) is 11.4. The molecule has 0 aromatic heterocycles. The molecule has 2 saturated heterocycles. The van der Waals surface area contributed by atoms with Crippen LogP contribution in [-0.4, -0.2) is 80.5 Å². The molecule has 0 aromatic rings. The molecule has 0 aliphatic carbocycles. The van der Waals surface area contributed by atoms with Crippen LogP contribution >= 0.6 is 0 Å². The molecule has 2 heterocycles. The fourth-order valence-electron chi connectivity index (χ4n) is 2.69. The van der Waals surface area contributed by atoms with Gasteiger partial charge in [0.15, 0.2) is 0 Å². The van der Waals surface area contributed by atoms with Crippen LogP contribution in [0.2, 0.25) is 0 Å². The number of carbonyl (C=O) groups excluding carboxylic acids is 1. The topological polar surface area (TPSA) is 42.0 Å². The van der Waals surface area contributed by atoms with E-state index in [9.17, 15) is 18.0 Å². The lowest BCUT2D eigenvalue weighted by Gasteiger charge is -2.36. The Hall–Kier alpha value is -0.860. The van der Waals surface area contributed by atoms with E-state index in [1.54, 1.807) is 16.9 Å². The average Bonchev–Trinajstić information content (AvgIpc) is 2.78. The Morgan fingerprint density at radius 1 is 1.35 bits per heavy atom. The highest BCUT2D eigenvalue weighted by Crippen LogP contribution is 2.26. The molecule has 2 aliphatic heterocycles. The van der Waals surface area contributed by atoms with Crippen molar-refractivity contribution in [1.82, 2.24) is 9.80 Å². The number of methoxy groups -OCH3 is 1. The van der Waals surface area contributed by atoms with Gasteiger partial charge in [0.05, 0.1) is 25.2 Å². The number of likely N-dealkylation sites (tertiary alicyclic amines) is 1. The third-order valence-electron chi connectivity index (χ3n) is 3.70. The molecule has 2 atom stereocenters. The second kappa shape index (κ2) is 6.28. The van der Waals surface area contributed by atoms with Crippen LogP contribution < -0.4 is 0 Å². The van der Waals surface area contributed by atoms with Crippen molar-refractivity contribution in [3.8, 4) is 0 Å². The molecule has 2 fully saturated rings. The summed E-state index contributed by atoms with van der Waals surface area (Å²) in [6, 6.07) is -0.167. The van der Waals surface area contributed by atoms with E-state index in [1.807, 2.05) is 0 Å². The van der Waals surface area contributed by atoms with Gasteiger partial charge in [-0.3, -0.25) is 9.69 Å². The largest absolute Gasteiger partial charge is 0.390 e.